The molecule has 0 saturated heterocycles. The Morgan fingerprint density at radius 3 is 3.07 bits per heavy atom. The molecule has 0 unspecified atom stereocenters. The number of nitrogens with one attached hydrogen (secondary N) is 1. The lowest BCUT2D eigenvalue weighted by Crippen LogP contribution is -2.10. The second-order valence-electron chi connectivity index (χ2n) is 2.71. The third-order valence-corrected chi connectivity index (χ3v) is 2.61. The molecular weight excluding hydrogens is 200 g/mol. The predicted octanol–water partition coefficient (Wildman–Crippen LogP) is 0.991. The van der Waals surface area contributed by atoms with Gasteiger partial charge in [0, 0.05) is 6.07 Å². The Morgan fingerprint density at radius 1 is 1.57 bits per heavy atom. The fourth-order valence-corrected chi connectivity index (χ4v) is 1.82. The van der Waals surface area contributed by atoms with Crippen molar-refractivity contribution < 1.29 is 5.11 Å². The molecule has 0 aliphatic heterocycles. The summed E-state index contributed by atoms with van der Waals surface area (Å²) in [5.41, 5.74) is 0.361. The zero-order chi connectivity index (χ0) is 9.97. The molecule has 0 saturated carbocycles. The van der Waals surface area contributed by atoms with Gasteiger partial charge in [0.15, 0.2) is 0 Å². The van der Waals surface area contributed by atoms with E-state index in [4.69, 9.17) is 5.11 Å². The molecule has 0 aromatic carbocycles. The van der Waals surface area contributed by atoms with Crippen LogP contribution in [0, 0.1) is 0 Å². The molecule has 2 aromatic rings. The molecule has 0 atom stereocenters. The summed E-state index contributed by atoms with van der Waals surface area (Å²) in [6.45, 7) is -0.256. The van der Waals surface area contributed by atoms with Gasteiger partial charge in [-0.1, -0.05) is 6.07 Å². The number of aromatic amines is 1. The number of aromatic nitrogens is 2. The van der Waals surface area contributed by atoms with Crippen molar-refractivity contribution in [3.05, 3.63) is 39.8 Å². The first-order chi connectivity index (χ1) is 6.79. The van der Waals surface area contributed by atoms with Crippen LogP contribution in [0.1, 0.15) is 5.82 Å². The number of rotatable bonds is 2. The topological polar surface area (TPSA) is 66.0 Å². The number of H-pyrrole nitrogens is 1. The molecule has 5 heteroatoms. The van der Waals surface area contributed by atoms with Crippen LogP contribution in [0.3, 0.4) is 0 Å². The first-order valence-corrected chi connectivity index (χ1v) is 4.92. The fourth-order valence-electron chi connectivity index (χ4n) is 1.13. The summed E-state index contributed by atoms with van der Waals surface area (Å²) < 4.78 is 0. The van der Waals surface area contributed by atoms with E-state index in [-0.39, 0.29) is 12.2 Å². The standard InChI is InChI=1S/C9H8N2O2S/c12-5-8-10-6(4-9(13)11-8)7-2-1-3-14-7/h1-4,12H,5H2,(H,10,11,13). The van der Waals surface area contributed by atoms with Gasteiger partial charge in [0.1, 0.15) is 12.4 Å². The molecule has 0 fully saturated rings. The molecule has 0 aliphatic rings. The number of hydrogen-bond acceptors (Lipinski definition) is 4. The number of nitrogens with zero attached hydrogens (tertiary/aromatic N) is 1. The van der Waals surface area contributed by atoms with Crippen molar-refractivity contribution in [2.24, 2.45) is 0 Å². The molecule has 2 N–H and O–H groups in total. The van der Waals surface area contributed by atoms with Crippen LogP contribution in [-0.4, -0.2) is 15.1 Å². The largest absolute Gasteiger partial charge is 0.388 e. The van der Waals surface area contributed by atoms with Crippen molar-refractivity contribution in [3.8, 4) is 10.6 Å². The molecular formula is C9H8N2O2S. The molecule has 2 aromatic heterocycles. The van der Waals surface area contributed by atoms with Crippen LogP contribution >= 0.6 is 11.3 Å². The molecule has 72 valence electrons. The summed E-state index contributed by atoms with van der Waals surface area (Å²) in [7, 11) is 0. The Hall–Kier alpha value is -1.46. The summed E-state index contributed by atoms with van der Waals surface area (Å²) in [6.07, 6.45) is 0. The Labute approximate surface area is 83.9 Å². The molecule has 4 nitrogen and oxygen atoms in total. The lowest BCUT2D eigenvalue weighted by Gasteiger charge is -1.98. The van der Waals surface area contributed by atoms with Gasteiger partial charge in [-0.3, -0.25) is 4.79 Å². The van der Waals surface area contributed by atoms with E-state index in [1.54, 1.807) is 0 Å². The lowest BCUT2D eigenvalue weighted by molar-refractivity contribution is 0.271. The van der Waals surface area contributed by atoms with E-state index in [2.05, 4.69) is 9.97 Å². The van der Waals surface area contributed by atoms with Gasteiger partial charge < -0.3 is 10.1 Å². The van der Waals surface area contributed by atoms with Crippen molar-refractivity contribution in [3.63, 3.8) is 0 Å². The maximum atomic E-state index is 11.2. The minimum atomic E-state index is -0.256. The van der Waals surface area contributed by atoms with E-state index < -0.39 is 0 Å². The van der Waals surface area contributed by atoms with Crippen LogP contribution in [0.2, 0.25) is 0 Å². The fraction of sp³-hybridized carbons (Fsp3) is 0.111. The van der Waals surface area contributed by atoms with E-state index in [1.807, 2.05) is 17.5 Å². The first-order valence-electron chi connectivity index (χ1n) is 4.04. The molecule has 14 heavy (non-hydrogen) atoms. The predicted molar refractivity (Wildman–Crippen MR) is 54.1 cm³/mol. The highest BCUT2D eigenvalue weighted by atomic mass is 32.1. The van der Waals surface area contributed by atoms with Crippen molar-refractivity contribution in [2.45, 2.75) is 6.61 Å². The van der Waals surface area contributed by atoms with Gasteiger partial charge in [-0.2, -0.15) is 0 Å². The van der Waals surface area contributed by atoms with Gasteiger partial charge in [0.2, 0.25) is 0 Å². The molecule has 0 bridgehead atoms. The molecule has 0 radical (unpaired) electrons. The minimum absolute atomic E-state index is 0.243. The van der Waals surface area contributed by atoms with E-state index in [1.165, 1.54) is 17.4 Å². The molecule has 2 rings (SSSR count). The maximum absolute atomic E-state index is 11.2. The Kier molecular flexibility index (Phi) is 2.43. The summed E-state index contributed by atoms with van der Waals surface area (Å²) in [4.78, 5) is 18.6. The SMILES string of the molecule is O=c1cc(-c2cccs2)nc(CO)[nH]1. The van der Waals surface area contributed by atoms with E-state index in [0.717, 1.165) is 4.88 Å². The zero-order valence-corrected chi connectivity index (χ0v) is 8.04. The van der Waals surface area contributed by atoms with Crippen molar-refractivity contribution >= 4 is 11.3 Å². The third kappa shape index (κ3) is 1.73. The second-order valence-corrected chi connectivity index (χ2v) is 3.66. The highest BCUT2D eigenvalue weighted by molar-refractivity contribution is 7.13. The maximum Gasteiger partial charge on any atom is 0.251 e. The first kappa shape index (κ1) is 9.11. The lowest BCUT2D eigenvalue weighted by atomic mass is 10.3. The van der Waals surface area contributed by atoms with Crippen LogP contribution in [0.25, 0.3) is 10.6 Å². The van der Waals surface area contributed by atoms with Gasteiger partial charge in [-0.15, -0.1) is 11.3 Å². The number of thiophene rings is 1. The van der Waals surface area contributed by atoms with Crippen LogP contribution in [0.15, 0.2) is 28.4 Å². The average molecular weight is 208 g/mol. The summed E-state index contributed by atoms with van der Waals surface area (Å²) in [5.74, 6) is 0.293. The third-order valence-electron chi connectivity index (χ3n) is 1.71. The quantitative estimate of drug-likeness (QED) is 0.773. The zero-order valence-electron chi connectivity index (χ0n) is 7.23. The van der Waals surface area contributed by atoms with E-state index in [9.17, 15) is 4.79 Å². The highest BCUT2D eigenvalue weighted by Crippen LogP contribution is 2.20. The van der Waals surface area contributed by atoms with E-state index >= 15 is 0 Å². The van der Waals surface area contributed by atoms with Gasteiger partial charge in [0.05, 0.1) is 10.6 Å². The van der Waals surface area contributed by atoms with Crippen LogP contribution in [0.5, 0.6) is 0 Å². The van der Waals surface area contributed by atoms with Gasteiger partial charge >= 0.3 is 0 Å². The Balaban J connectivity index is 2.54. The van der Waals surface area contributed by atoms with Crippen LogP contribution < -0.4 is 5.56 Å². The molecule has 0 aliphatic carbocycles. The minimum Gasteiger partial charge on any atom is -0.388 e. The van der Waals surface area contributed by atoms with Crippen molar-refractivity contribution in [2.75, 3.05) is 0 Å². The van der Waals surface area contributed by atoms with E-state index in [0.29, 0.717) is 11.5 Å². The molecule has 0 amide bonds. The van der Waals surface area contributed by atoms with Gasteiger partial charge in [0.25, 0.3) is 5.56 Å². The number of hydrogen-bond donors (Lipinski definition) is 2. The molecule has 0 spiro atoms. The summed E-state index contributed by atoms with van der Waals surface area (Å²) >= 11 is 1.51. The second kappa shape index (κ2) is 3.73. The van der Waals surface area contributed by atoms with Crippen molar-refractivity contribution in [1.82, 2.24) is 9.97 Å². The van der Waals surface area contributed by atoms with Gasteiger partial charge in [-0.25, -0.2) is 4.98 Å². The Bertz CT molecular complexity index is 476. The average Bonchev–Trinajstić information content (AvgIpc) is 2.69. The summed E-state index contributed by atoms with van der Waals surface area (Å²) in [6, 6.07) is 5.19. The number of aliphatic hydroxyl groups is 1. The van der Waals surface area contributed by atoms with Crippen LogP contribution in [-0.2, 0) is 6.61 Å². The monoisotopic (exact) mass is 208 g/mol. The number of aliphatic hydroxyl groups excluding tert-OH is 1. The molecule has 2 heterocycles. The smallest absolute Gasteiger partial charge is 0.251 e. The van der Waals surface area contributed by atoms with Gasteiger partial charge in [-0.05, 0) is 11.4 Å². The summed E-state index contributed by atoms with van der Waals surface area (Å²) in [5, 5.41) is 10.8. The highest BCUT2D eigenvalue weighted by Gasteiger charge is 2.03. The normalized spacial score (nSPS) is 10.4. The van der Waals surface area contributed by atoms with Crippen LogP contribution in [0.4, 0.5) is 0 Å². The Morgan fingerprint density at radius 2 is 2.43 bits per heavy atom. The van der Waals surface area contributed by atoms with Crippen molar-refractivity contribution in [1.29, 1.82) is 0 Å².